The normalized spacial score (nSPS) is 22.0. The number of hydrogen-bond donors (Lipinski definition) is 1. The van der Waals surface area contributed by atoms with Gasteiger partial charge in [0.1, 0.15) is 5.82 Å². The van der Waals surface area contributed by atoms with Crippen molar-refractivity contribution in [2.24, 2.45) is 0 Å². The molecule has 0 aromatic carbocycles. The maximum atomic E-state index is 11.8. The zero-order valence-electron chi connectivity index (χ0n) is 10.5. The molecule has 6 nitrogen and oxygen atoms in total. The van der Waals surface area contributed by atoms with Gasteiger partial charge >= 0.3 is 0 Å². The molecule has 100 valence electrons. The summed E-state index contributed by atoms with van der Waals surface area (Å²) < 4.78 is 24.9. The number of H-pyrrole nitrogens is 1. The molecule has 2 heterocycles. The van der Waals surface area contributed by atoms with Gasteiger partial charge in [0, 0.05) is 12.6 Å². The minimum atomic E-state index is -3.27. The molecular formula is C11H17N3O3S. The standard InChI is InChI=1S/C11H17N3O3S/c1-8-12-9(7-11(15)13-8)10-5-3-4-6-14(10)18(2,16)17/h7,10H,3-6H2,1-2H3,(H,12,13,15)/t10-/m1/s1. The minimum absolute atomic E-state index is 0.239. The van der Waals surface area contributed by atoms with Crippen molar-refractivity contribution >= 4 is 10.0 Å². The van der Waals surface area contributed by atoms with Crippen LogP contribution in [-0.2, 0) is 10.0 Å². The molecule has 1 aliphatic rings. The number of sulfonamides is 1. The average Bonchev–Trinajstić information content (AvgIpc) is 2.26. The lowest BCUT2D eigenvalue weighted by atomic mass is 10.0. The molecule has 0 unspecified atom stereocenters. The summed E-state index contributed by atoms with van der Waals surface area (Å²) in [4.78, 5) is 18.3. The third-order valence-corrected chi connectivity index (χ3v) is 4.39. The summed E-state index contributed by atoms with van der Waals surface area (Å²) in [6.07, 6.45) is 3.71. The minimum Gasteiger partial charge on any atom is -0.311 e. The van der Waals surface area contributed by atoms with E-state index < -0.39 is 10.0 Å². The zero-order chi connectivity index (χ0) is 13.3. The molecule has 1 atom stereocenters. The lowest BCUT2D eigenvalue weighted by Gasteiger charge is -2.33. The van der Waals surface area contributed by atoms with Crippen LogP contribution in [-0.4, -0.2) is 35.5 Å². The van der Waals surface area contributed by atoms with Crippen molar-refractivity contribution < 1.29 is 8.42 Å². The zero-order valence-corrected chi connectivity index (χ0v) is 11.3. The molecule has 0 spiro atoms. The lowest BCUT2D eigenvalue weighted by molar-refractivity contribution is 0.252. The van der Waals surface area contributed by atoms with Crippen LogP contribution in [0.25, 0.3) is 0 Å². The number of aromatic amines is 1. The smallest absolute Gasteiger partial charge is 0.251 e. The molecule has 1 aliphatic heterocycles. The van der Waals surface area contributed by atoms with Gasteiger partial charge in [0.05, 0.1) is 18.0 Å². The summed E-state index contributed by atoms with van der Waals surface area (Å²) in [5.74, 6) is 0.511. The highest BCUT2D eigenvalue weighted by Gasteiger charge is 2.31. The van der Waals surface area contributed by atoms with Gasteiger partial charge in [-0.15, -0.1) is 0 Å². The van der Waals surface area contributed by atoms with Crippen molar-refractivity contribution in [2.75, 3.05) is 12.8 Å². The molecule has 0 radical (unpaired) electrons. The highest BCUT2D eigenvalue weighted by Crippen LogP contribution is 2.30. The molecule has 1 N–H and O–H groups in total. The van der Waals surface area contributed by atoms with Gasteiger partial charge in [-0.3, -0.25) is 4.79 Å². The Morgan fingerprint density at radius 2 is 2.17 bits per heavy atom. The Bertz CT molecular complexity index is 594. The third-order valence-electron chi connectivity index (χ3n) is 3.10. The number of aryl methyl sites for hydroxylation is 1. The second kappa shape index (κ2) is 4.81. The topological polar surface area (TPSA) is 83.1 Å². The summed E-state index contributed by atoms with van der Waals surface area (Å²) in [6, 6.07) is 1.08. The summed E-state index contributed by atoms with van der Waals surface area (Å²) in [6.45, 7) is 2.19. The Kier molecular flexibility index (Phi) is 3.54. The number of piperidine rings is 1. The van der Waals surface area contributed by atoms with Gasteiger partial charge in [0.25, 0.3) is 5.56 Å². The molecule has 0 aliphatic carbocycles. The molecule has 0 bridgehead atoms. The molecule has 1 fully saturated rings. The Morgan fingerprint density at radius 1 is 1.44 bits per heavy atom. The van der Waals surface area contributed by atoms with Crippen LogP contribution in [0.2, 0.25) is 0 Å². The largest absolute Gasteiger partial charge is 0.311 e. The van der Waals surface area contributed by atoms with Crippen LogP contribution in [0.4, 0.5) is 0 Å². The molecule has 0 amide bonds. The fourth-order valence-electron chi connectivity index (χ4n) is 2.37. The van der Waals surface area contributed by atoms with E-state index in [1.165, 1.54) is 16.6 Å². The van der Waals surface area contributed by atoms with Crippen molar-refractivity contribution in [2.45, 2.75) is 32.2 Å². The van der Waals surface area contributed by atoms with E-state index in [-0.39, 0.29) is 11.6 Å². The Labute approximate surface area is 106 Å². The first-order valence-corrected chi connectivity index (χ1v) is 7.77. The Hall–Kier alpha value is -1.21. The summed E-state index contributed by atoms with van der Waals surface area (Å²) >= 11 is 0. The molecule has 18 heavy (non-hydrogen) atoms. The number of rotatable bonds is 2. The molecule has 1 saturated heterocycles. The monoisotopic (exact) mass is 271 g/mol. The predicted octanol–water partition coefficient (Wildman–Crippen LogP) is 0.565. The number of nitrogens with zero attached hydrogens (tertiary/aromatic N) is 2. The van der Waals surface area contributed by atoms with Crippen LogP contribution in [0.15, 0.2) is 10.9 Å². The average molecular weight is 271 g/mol. The van der Waals surface area contributed by atoms with Crippen LogP contribution in [0.5, 0.6) is 0 Å². The van der Waals surface area contributed by atoms with E-state index in [0.717, 1.165) is 12.8 Å². The van der Waals surface area contributed by atoms with E-state index in [9.17, 15) is 13.2 Å². The van der Waals surface area contributed by atoms with E-state index in [4.69, 9.17) is 0 Å². The summed E-state index contributed by atoms with van der Waals surface area (Å²) in [5.41, 5.74) is 0.304. The highest BCUT2D eigenvalue weighted by atomic mass is 32.2. The van der Waals surface area contributed by atoms with Crippen LogP contribution < -0.4 is 5.56 Å². The van der Waals surface area contributed by atoms with E-state index in [2.05, 4.69) is 9.97 Å². The molecule has 0 saturated carbocycles. The molecule has 1 aromatic heterocycles. The van der Waals surface area contributed by atoms with Gasteiger partial charge in [-0.05, 0) is 19.8 Å². The van der Waals surface area contributed by atoms with E-state index >= 15 is 0 Å². The summed E-state index contributed by atoms with van der Waals surface area (Å²) in [5, 5.41) is 0. The van der Waals surface area contributed by atoms with Crippen molar-refractivity contribution in [1.82, 2.24) is 14.3 Å². The predicted molar refractivity (Wildman–Crippen MR) is 67.7 cm³/mol. The van der Waals surface area contributed by atoms with Crippen LogP contribution in [0, 0.1) is 6.92 Å². The van der Waals surface area contributed by atoms with Crippen molar-refractivity contribution in [3.8, 4) is 0 Å². The third kappa shape index (κ3) is 2.78. The van der Waals surface area contributed by atoms with E-state index in [1.807, 2.05) is 0 Å². The van der Waals surface area contributed by atoms with Gasteiger partial charge in [-0.25, -0.2) is 13.4 Å². The van der Waals surface area contributed by atoms with Gasteiger partial charge in [0.15, 0.2) is 0 Å². The van der Waals surface area contributed by atoms with Gasteiger partial charge < -0.3 is 4.98 Å². The first kappa shape index (κ1) is 13.2. The maximum Gasteiger partial charge on any atom is 0.251 e. The van der Waals surface area contributed by atoms with Gasteiger partial charge in [-0.1, -0.05) is 6.42 Å². The first-order valence-electron chi connectivity index (χ1n) is 5.92. The first-order chi connectivity index (χ1) is 8.38. The maximum absolute atomic E-state index is 11.8. The highest BCUT2D eigenvalue weighted by molar-refractivity contribution is 7.88. The lowest BCUT2D eigenvalue weighted by Crippen LogP contribution is -2.38. The second-order valence-electron chi connectivity index (χ2n) is 4.64. The van der Waals surface area contributed by atoms with Gasteiger partial charge in [-0.2, -0.15) is 4.31 Å². The number of aromatic nitrogens is 2. The quantitative estimate of drug-likeness (QED) is 0.852. The summed E-state index contributed by atoms with van der Waals surface area (Å²) in [7, 11) is -3.27. The number of nitrogens with one attached hydrogen (secondary N) is 1. The van der Waals surface area contributed by atoms with E-state index in [0.29, 0.717) is 24.5 Å². The fourth-order valence-corrected chi connectivity index (χ4v) is 3.51. The Balaban J connectivity index is 2.43. The van der Waals surface area contributed by atoms with Crippen molar-refractivity contribution in [1.29, 1.82) is 0 Å². The van der Waals surface area contributed by atoms with Crippen LogP contribution in [0.1, 0.15) is 36.8 Å². The van der Waals surface area contributed by atoms with Crippen molar-refractivity contribution in [3.63, 3.8) is 0 Å². The van der Waals surface area contributed by atoms with Crippen molar-refractivity contribution in [3.05, 3.63) is 27.9 Å². The molecule has 2 rings (SSSR count). The van der Waals surface area contributed by atoms with E-state index in [1.54, 1.807) is 6.92 Å². The Morgan fingerprint density at radius 3 is 2.78 bits per heavy atom. The molecule has 1 aromatic rings. The molecule has 7 heteroatoms. The fraction of sp³-hybridized carbons (Fsp3) is 0.636. The van der Waals surface area contributed by atoms with Crippen LogP contribution in [0.3, 0.4) is 0 Å². The SMILES string of the molecule is Cc1nc([C@H]2CCCCN2S(C)(=O)=O)cc(=O)[nH]1. The molecular weight excluding hydrogens is 254 g/mol. The second-order valence-corrected chi connectivity index (χ2v) is 6.58. The van der Waals surface area contributed by atoms with Gasteiger partial charge in [0.2, 0.25) is 10.0 Å². The van der Waals surface area contributed by atoms with Crippen LogP contribution >= 0.6 is 0 Å². The number of hydrogen-bond acceptors (Lipinski definition) is 4.